The van der Waals surface area contributed by atoms with Crippen LogP contribution in [-0.4, -0.2) is 14.3 Å². The highest BCUT2D eigenvalue weighted by molar-refractivity contribution is 8.13. The number of hydrogen-bond acceptors (Lipinski definition) is 3. The second-order valence-corrected chi connectivity index (χ2v) is 7.74. The number of amides is 1. The van der Waals surface area contributed by atoms with Crippen LogP contribution in [0.25, 0.3) is 0 Å². The van der Waals surface area contributed by atoms with Crippen LogP contribution in [-0.2, 0) is 13.8 Å². The molecule has 7 heteroatoms. The molecule has 1 rings (SSSR count). The van der Waals surface area contributed by atoms with Gasteiger partial charge in [0.05, 0.1) is 5.02 Å². The Balaban J connectivity index is 2.52. The predicted octanol–water partition coefficient (Wildman–Crippen LogP) is 4.57. The molecular weight excluding hydrogens is 333 g/mol. The number of halogens is 2. The molecule has 0 atom stereocenters. The van der Waals surface area contributed by atoms with E-state index in [0.717, 1.165) is 19.3 Å². The maximum atomic E-state index is 11.7. The fraction of sp³-hybridized carbons (Fsp3) is 0.500. The second kappa shape index (κ2) is 8.61. The van der Waals surface area contributed by atoms with E-state index in [4.69, 9.17) is 22.3 Å². The van der Waals surface area contributed by atoms with Crippen LogP contribution in [0, 0.1) is 0 Å². The molecule has 0 unspecified atom stereocenters. The number of benzene rings is 1. The Labute approximate surface area is 135 Å². The molecule has 0 radical (unpaired) electrons. The number of carbonyl (C=O) groups is 1. The van der Waals surface area contributed by atoms with Crippen LogP contribution in [0.5, 0.6) is 0 Å². The van der Waals surface area contributed by atoms with Crippen LogP contribution in [0.15, 0.2) is 23.1 Å². The number of unbranched alkanes of at least 4 members (excludes halogenated alkanes) is 4. The normalized spacial score (nSPS) is 11.4. The summed E-state index contributed by atoms with van der Waals surface area (Å²) in [7, 11) is 1.36. The van der Waals surface area contributed by atoms with E-state index in [1.807, 2.05) is 0 Å². The molecule has 1 amide bonds. The van der Waals surface area contributed by atoms with Crippen LogP contribution in [0.4, 0.5) is 5.69 Å². The summed E-state index contributed by atoms with van der Waals surface area (Å²) >= 11 is 5.84. The Hall–Kier alpha value is -0.780. The van der Waals surface area contributed by atoms with Gasteiger partial charge in [0, 0.05) is 22.8 Å². The predicted molar refractivity (Wildman–Crippen MR) is 86.5 cm³/mol. The van der Waals surface area contributed by atoms with Gasteiger partial charge in [-0.05, 0) is 24.6 Å². The molecule has 0 spiro atoms. The highest BCUT2D eigenvalue weighted by atomic mass is 35.7. The molecular formula is C14H19Cl2NO3S. The highest BCUT2D eigenvalue weighted by Crippen LogP contribution is 2.27. The van der Waals surface area contributed by atoms with Crippen LogP contribution >= 0.6 is 22.3 Å². The minimum absolute atomic E-state index is 0.00857. The molecule has 1 aromatic rings. The Kier molecular flexibility index (Phi) is 7.49. The maximum Gasteiger partial charge on any atom is 0.262 e. The van der Waals surface area contributed by atoms with Crippen molar-refractivity contribution in [1.82, 2.24) is 0 Å². The Morgan fingerprint density at radius 2 is 1.86 bits per heavy atom. The zero-order valence-electron chi connectivity index (χ0n) is 11.9. The third-order valence-corrected chi connectivity index (χ3v) is 4.79. The van der Waals surface area contributed by atoms with Gasteiger partial charge in [-0.1, -0.05) is 44.2 Å². The SMILES string of the molecule is CCCCCCCC(=O)Nc1ccc(S(=O)(=O)Cl)c(Cl)c1. The fourth-order valence-corrected chi connectivity index (χ4v) is 3.42. The number of nitrogens with one attached hydrogen (secondary N) is 1. The van der Waals surface area contributed by atoms with Gasteiger partial charge < -0.3 is 5.32 Å². The van der Waals surface area contributed by atoms with Gasteiger partial charge in [-0.25, -0.2) is 8.42 Å². The summed E-state index contributed by atoms with van der Waals surface area (Å²) in [5.74, 6) is -0.107. The fourth-order valence-electron chi connectivity index (χ4n) is 1.89. The lowest BCUT2D eigenvalue weighted by Gasteiger charge is -2.07. The molecule has 0 aliphatic rings. The topological polar surface area (TPSA) is 63.2 Å². The van der Waals surface area contributed by atoms with E-state index in [2.05, 4.69) is 12.2 Å². The van der Waals surface area contributed by atoms with E-state index in [0.29, 0.717) is 12.1 Å². The van der Waals surface area contributed by atoms with Gasteiger partial charge in [0.15, 0.2) is 0 Å². The third kappa shape index (κ3) is 6.68. The van der Waals surface area contributed by atoms with Crippen molar-refractivity contribution < 1.29 is 13.2 Å². The first-order valence-electron chi connectivity index (χ1n) is 6.88. The lowest BCUT2D eigenvalue weighted by Crippen LogP contribution is -2.11. The van der Waals surface area contributed by atoms with Gasteiger partial charge in [0.2, 0.25) is 5.91 Å². The van der Waals surface area contributed by atoms with Crippen molar-refractivity contribution in [3.05, 3.63) is 23.2 Å². The summed E-state index contributed by atoms with van der Waals surface area (Å²) in [4.78, 5) is 11.6. The van der Waals surface area contributed by atoms with Gasteiger partial charge in [-0.15, -0.1) is 0 Å². The summed E-state index contributed by atoms with van der Waals surface area (Å²) in [6, 6.07) is 4.13. The molecule has 0 bridgehead atoms. The van der Waals surface area contributed by atoms with Gasteiger partial charge in [0.25, 0.3) is 9.05 Å². The highest BCUT2D eigenvalue weighted by Gasteiger charge is 2.15. The maximum absolute atomic E-state index is 11.7. The van der Waals surface area contributed by atoms with Crippen LogP contribution in [0.1, 0.15) is 45.4 Å². The first-order valence-corrected chi connectivity index (χ1v) is 9.57. The van der Waals surface area contributed by atoms with Gasteiger partial charge in [-0.2, -0.15) is 0 Å². The van der Waals surface area contributed by atoms with Crippen molar-refractivity contribution in [2.24, 2.45) is 0 Å². The van der Waals surface area contributed by atoms with Crippen LogP contribution < -0.4 is 5.32 Å². The lowest BCUT2D eigenvalue weighted by atomic mass is 10.1. The molecule has 1 N–H and O–H groups in total. The zero-order valence-corrected chi connectivity index (χ0v) is 14.2. The van der Waals surface area contributed by atoms with E-state index in [-0.39, 0.29) is 15.8 Å². The quantitative estimate of drug-likeness (QED) is 0.551. The largest absolute Gasteiger partial charge is 0.326 e. The van der Waals surface area contributed by atoms with Crippen molar-refractivity contribution >= 4 is 42.9 Å². The first-order chi connectivity index (χ1) is 9.84. The van der Waals surface area contributed by atoms with Crippen molar-refractivity contribution in [2.75, 3.05) is 5.32 Å². The molecule has 0 aromatic heterocycles. The standard InChI is InChI=1S/C14H19Cl2NO3S/c1-2-3-4-5-6-7-14(18)17-11-8-9-13(12(15)10-11)21(16,19)20/h8-10H,2-7H2,1H3,(H,17,18). The minimum Gasteiger partial charge on any atom is -0.326 e. The van der Waals surface area contributed by atoms with E-state index < -0.39 is 9.05 Å². The molecule has 118 valence electrons. The van der Waals surface area contributed by atoms with E-state index >= 15 is 0 Å². The van der Waals surface area contributed by atoms with Crippen molar-refractivity contribution in [2.45, 2.75) is 50.3 Å². The molecule has 0 fully saturated rings. The molecule has 0 saturated carbocycles. The minimum atomic E-state index is -3.87. The summed E-state index contributed by atoms with van der Waals surface area (Å²) < 4.78 is 22.4. The lowest BCUT2D eigenvalue weighted by molar-refractivity contribution is -0.116. The molecule has 21 heavy (non-hydrogen) atoms. The van der Waals surface area contributed by atoms with E-state index in [1.165, 1.54) is 31.0 Å². The number of hydrogen-bond donors (Lipinski definition) is 1. The number of carbonyl (C=O) groups excluding carboxylic acids is 1. The smallest absolute Gasteiger partial charge is 0.262 e. The Bertz CT molecular complexity index is 588. The molecule has 4 nitrogen and oxygen atoms in total. The monoisotopic (exact) mass is 351 g/mol. The van der Waals surface area contributed by atoms with Crippen molar-refractivity contribution in [3.63, 3.8) is 0 Å². The van der Waals surface area contributed by atoms with Gasteiger partial charge >= 0.3 is 0 Å². The van der Waals surface area contributed by atoms with Crippen LogP contribution in [0.2, 0.25) is 5.02 Å². The van der Waals surface area contributed by atoms with Gasteiger partial charge in [-0.3, -0.25) is 4.79 Å². The average Bonchev–Trinajstić information content (AvgIpc) is 2.37. The van der Waals surface area contributed by atoms with Crippen molar-refractivity contribution in [1.29, 1.82) is 0 Å². The molecule has 1 aromatic carbocycles. The summed E-state index contributed by atoms with van der Waals surface area (Å²) in [5.41, 5.74) is 0.461. The number of rotatable bonds is 8. The second-order valence-electron chi connectivity index (χ2n) is 4.80. The van der Waals surface area contributed by atoms with E-state index in [1.54, 1.807) is 0 Å². The summed E-state index contributed by atoms with van der Waals surface area (Å²) in [5, 5.41) is 2.68. The number of anilines is 1. The molecule has 0 aliphatic heterocycles. The van der Waals surface area contributed by atoms with Crippen LogP contribution in [0.3, 0.4) is 0 Å². The third-order valence-electron chi connectivity index (χ3n) is 2.99. The van der Waals surface area contributed by atoms with Gasteiger partial charge in [0.1, 0.15) is 4.90 Å². The molecule has 0 heterocycles. The summed E-state index contributed by atoms with van der Waals surface area (Å²) in [6.45, 7) is 2.14. The molecule has 0 aliphatic carbocycles. The molecule has 0 saturated heterocycles. The summed E-state index contributed by atoms with van der Waals surface area (Å²) in [6.07, 6.45) is 5.81. The van der Waals surface area contributed by atoms with E-state index in [9.17, 15) is 13.2 Å². The average molecular weight is 352 g/mol. The zero-order chi connectivity index (χ0) is 15.9. The Morgan fingerprint density at radius 1 is 1.19 bits per heavy atom. The first kappa shape index (κ1) is 18.3. The van der Waals surface area contributed by atoms with Crippen molar-refractivity contribution in [3.8, 4) is 0 Å². The Morgan fingerprint density at radius 3 is 2.43 bits per heavy atom.